The molecule has 1 amide bonds. The van der Waals surface area contributed by atoms with Gasteiger partial charge in [-0.15, -0.1) is 0 Å². The predicted molar refractivity (Wildman–Crippen MR) is 153 cm³/mol. The number of methoxy groups -OCH3 is 1. The number of benzene rings is 2. The average Bonchev–Trinajstić information content (AvgIpc) is 3.28. The van der Waals surface area contributed by atoms with E-state index in [9.17, 15) is 14.7 Å². The van der Waals surface area contributed by atoms with Crippen LogP contribution in [0.2, 0.25) is 0 Å². The van der Waals surface area contributed by atoms with E-state index >= 15 is 0 Å². The lowest BCUT2D eigenvalue weighted by Crippen LogP contribution is -2.40. The molecule has 2 atom stereocenters. The third-order valence-corrected chi connectivity index (χ3v) is 7.76. The molecule has 0 radical (unpaired) electrons. The quantitative estimate of drug-likeness (QED) is 0.304. The first kappa shape index (κ1) is 27.3. The second-order valence-electron chi connectivity index (χ2n) is 11.0. The number of ketones is 1. The number of carbonyl (C=O) groups is 2. The van der Waals surface area contributed by atoms with Crippen LogP contribution in [-0.2, 0) is 15.8 Å². The van der Waals surface area contributed by atoms with Gasteiger partial charge in [-0.3, -0.25) is 14.6 Å². The number of aliphatic hydroxyl groups is 1. The molecule has 0 bridgehead atoms. The second-order valence-corrected chi connectivity index (χ2v) is 11.0. The van der Waals surface area contributed by atoms with Crippen molar-refractivity contribution in [3.8, 4) is 22.8 Å². The van der Waals surface area contributed by atoms with E-state index in [0.717, 1.165) is 22.1 Å². The zero-order valence-electron chi connectivity index (χ0n) is 23.4. The summed E-state index contributed by atoms with van der Waals surface area (Å²) >= 11 is 0. The van der Waals surface area contributed by atoms with Crippen molar-refractivity contribution in [2.75, 3.05) is 13.7 Å². The summed E-state index contributed by atoms with van der Waals surface area (Å²) in [6.45, 7) is 7.36. The molecule has 40 heavy (non-hydrogen) atoms. The van der Waals surface area contributed by atoms with Gasteiger partial charge >= 0.3 is 0 Å². The Kier molecular flexibility index (Phi) is 6.84. The number of hydrogen-bond acceptors (Lipinski definition) is 7. The first-order valence-corrected chi connectivity index (χ1v) is 13.2. The zero-order valence-corrected chi connectivity index (χ0v) is 23.4. The molecule has 0 saturated heterocycles. The summed E-state index contributed by atoms with van der Waals surface area (Å²) in [6.07, 6.45) is 1.92. The monoisotopic (exact) mass is 539 g/mol. The van der Waals surface area contributed by atoms with E-state index in [0.29, 0.717) is 39.5 Å². The molecule has 4 aromatic rings. The van der Waals surface area contributed by atoms with Crippen molar-refractivity contribution in [1.82, 2.24) is 9.97 Å². The van der Waals surface area contributed by atoms with Crippen molar-refractivity contribution < 1.29 is 24.2 Å². The summed E-state index contributed by atoms with van der Waals surface area (Å²) < 4.78 is 11.5. The molecule has 8 nitrogen and oxygen atoms in total. The van der Waals surface area contributed by atoms with Crippen molar-refractivity contribution in [3.05, 3.63) is 82.7 Å². The summed E-state index contributed by atoms with van der Waals surface area (Å²) in [5.74, 6) is 0.324. The van der Waals surface area contributed by atoms with Crippen LogP contribution < -0.4 is 15.2 Å². The van der Waals surface area contributed by atoms with Crippen molar-refractivity contribution >= 4 is 22.6 Å². The summed E-state index contributed by atoms with van der Waals surface area (Å²) in [6, 6.07) is 14.9. The molecule has 3 N–H and O–H groups in total. The highest BCUT2D eigenvalue weighted by Crippen LogP contribution is 2.46. The van der Waals surface area contributed by atoms with Crippen LogP contribution >= 0.6 is 0 Å². The Morgan fingerprint density at radius 1 is 1.12 bits per heavy atom. The van der Waals surface area contributed by atoms with Crippen molar-refractivity contribution in [2.45, 2.75) is 51.6 Å². The van der Waals surface area contributed by atoms with E-state index in [1.165, 1.54) is 0 Å². The van der Waals surface area contributed by atoms with E-state index in [1.54, 1.807) is 45.4 Å². The molecular formula is C32H33N3O5. The summed E-state index contributed by atoms with van der Waals surface area (Å²) in [7, 11) is 1.55. The minimum absolute atomic E-state index is 0.0587. The van der Waals surface area contributed by atoms with Gasteiger partial charge in [0.15, 0.2) is 5.78 Å². The molecule has 3 heterocycles. The smallest absolute Gasteiger partial charge is 0.231 e. The lowest BCUT2D eigenvalue weighted by molar-refractivity contribution is -0.123. The Morgan fingerprint density at radius 3 is 2.52 bits per heavy atom. The van der Waals surface area contributed by atoms with Crippen LogP contribution in [0.3, 0.4) is 0 Å². The molecule has 2 aromatic carbocycles. The fourth-order valence-corrected chi connectivity index (χ4v) is 5.04. The van der Waals surface area contributed by atoms with E-state index in [-0.39, 0.29) is 25.2 Å². The van der Waals surface area contributed by atoms with Crippen molar-refractivity contribution in [1.29, 1.82) is 0 Å². The molecule has 0 fully saturated rings. The number of rotatable bonds is 8. The number of carbonyl (C=O) groups excluding carboxylic acids is 2. The van der Waals surface area contributed by atoms with Gasteiger partial charge in [-0.1, -0.05) is 29.8 Å². The van der Waals surface area contributed by atoms with Crippen LogP contribution in [0.25, 0.3) is 22.2 Å². The summed E-state index contributed by atoms with van der Waals surface area (Å²) in [5, 5.41) is 12.4. The summed E-state index contributed by atoms with van der Waals surface area (Å²) in [4.78, 5) is 35.1. The minimum Gasteiger partial charge on any atom is -0.494 e. The van der Waals surface area contributed by atoms with Crippen LogP contribution in [0.4, 0.5) is 0 Å². The highest BCUT2D eigenvalue weighted by atomic mass is 16.5. The van der Waals surface area contributed by atoms with Crippen LogP contribution in [-0.4, -0.2) is 40.5 Å². The number of amides is 1. The van der Waals surface area contributed by atoms with Gasteiger partial charge in [-0.05, 0) is 63.9 Å². The maximum absolute atomic E-state index is 13.3. The SMILES string of the molecule is COc1cc(C(=O)CC[C@](C)(O)c2cc3c(c(-c4ccc(C)cc4)n2)OC[C@]3(C)C(N)=O)cc2cc(C)cnc12. The zero-order chi connectivity index (χ0) is 28.8. The van der Waals surface area contributed by atoms with Crippen LogP contribution in [0, 0.1) is 13.8 Å². The average molecular weight is 540 g/mol. The van der Waals surface area contributed by atoms with E-state index in [1.807, 2.05) is 44.2 Å². The standard InChI is InChI=1S/C32H33N3O5/c1-18-6-8-20(9-7-18)28-29-23(31(3,17-40-29)30(33)37)15-26(35-28)32(4,38)11-10-24(36)21-13-22-12-19(2)16-34-27(22)25(14-21)39-5/h6-9,12-16,38H,10-11,17H2,1-5H3,(H2,33,37)/t31-,32-/m0/s1. The fourth-order valence-electron chi connectivity index (χ4n) is 5.04. The number of ether oxygens (including phenoxy) is 2. The van der Waals surface area contributed by atoms with Crippen molar-refractivity contribution in [2.24, 2.45) is 5.73 Å². The van der Waals surface area contributed by atoms with Gasteiger partial charge < -0.3 is 20.3 Å². The first-order chi connectivity index (χ1) is 18.9. The van der Waals surface area contributed by atoms with Crippen LogP contribution in [0.1, 0.15) is 59.4 Å². The number of nitrogens with zero attached hydrogens (tertiary/aromatic N) is 2. The van der Waals surface area contributed by atoms with Gasteiger partial charge in [0, 0.05) is 34.7 Å². The number of primary amides is 1. The number of pyridine rings is 2. The molecule has 8 heteroatoms. The number of aryl methyl sites for hydroxylation is 2. The Balaban J connectivity index is 1.50. The Hall–Kier alpha value is -4.30. The van der Waals surface area contributed by atoms with Crippen LogP contribution in [0.15, 0.2) is 54.7 Å². The molecule has 0 aliphatic carbocycles. The van der Waals surface area contributed by atoms with Gasteiger partial charge in [0.2, 0.25) is 5.91 Å². The normalized spacial score (nSPS) is 17.6. The highest BCUT2D eigenvalue weighted by Gasteiger charge is 2.45. The van der Waals surface area contributed by atoms with E-state index < -0.39 is 16.9 Å². The molecule has 5 rings (SSSR count). The minimum atomic E-state index is -1.48. The third-order valence-electron chi connectivity index (χ3n) is 7.76. The molecule has 0 saturated carbocycles. The lowest BCUT2D eigenvalue weighted by atomic mass is 9.81. The Morgan fingerprint density at radius 2 is 1.85 bits per heavy atom. The molecule has 206 valence electrons. The molecule has 0 spiro atoms. The molecule has 2 aromatic heterocycles. The third kappa shape index (κ3) is 4.79. The highest BCUT2D eigenvalue weighted by molar-refractivity contribution is 6.01. The maximum atomic E-state index is 13.3. The van der Waals surface area contributed by atoms with Gasteiger partial charge in [0.05, 0.1) is 12.8 Å². The van der Waals surface area contributed by atoms with Gasteiger partial charge in [0.25, 0.3) is 0 Å². The number of fused-ring (bicyclic) bond motifs is 2. The Bertz CT molecular complexity index is 1650. The predicted octanol–water partition coefficient (Wildman–Crippen LogP) is 4.93. The maximum Gasteiger partial charge on any atom is 0.231 e. The molecule has 1 aliphatic heterocycles. The van der Waals surface area contributed by atoms with E-state index in [2.05, 4.69) is 4.98 Å². The second kappa shape index (κ2) is 10.0. The number of hydrogen-bond donors (Lipinski definition) is 2. The van der Waals surface area contributed by atoms with E-state index in [4.69, 9.17) is 20.2 Å². The lowest BCUT2D eigenvalue weighted by Gasteiger charge is -2.26. The molecular weight excluding hydrogens is 506 g/mol. The topological polar surface area (TPSA) is 125 Å². The van der Waals surface area contributed by atoms with Crippen molar-refractivity contribution in [3.63, 3.8) is 0 Å². The van der Waals surface area contributed by atoms with Gasteiger partial charge in [0.1, 0.15) is 40.3 Å². The molecule has 0 unspecified atom stereocenters. The Labute approximate surface area is 233 Å². The molecule has 1 aliphatic rings. The summed E-state index contributed by atoms with van der Waals surface area (Å²) in [5.41, 5.74) is 8.67. The fraction of sp³-hybridized carbons (Fsp3) is 0.312. The number of Topliss-reactive ketones (excluding diaryl/α,β-unsaturated/α-hetero) is 1. The number of nitrogens with two attached hydrogens (primary N) is 1. The van der Waals surface area contributed by atoms with Gasteiger partial charge in [-0.2, -0.15) is 0 Å². The van der Waals surface area contributed by atoms with Crippen LogP contribution in [0.5, 0.6) is 11.5 Å². The number of aromatic nitrogens is 2. The largest absolute Gasteiger partial charge is 0.494 e. The first-order valence-electron chi connectivity index (χ1n) is 13.2. The van der Waals surface area contributed by atoms with Gasteiger partial charge in [-0.25, -0.2) is 4.98 Å².